The van der Waals surface area contributed by atoms with E-state index in [2.05, 4.69) is 5.32 Å². The quantitative estimate of drug-likeness (QED) is 0.931. The van der Waals surface area contributed by atoms with Crippen molar-refractivity contribution in [3.05, 3.63) is 51.2 Å². The van der Waals surface area contributed by atoms with Crippen LogP contribution in [-0.2, 0) is 9.84 Å². The van der Waals surface area contributed by atoms with E-state index in [9.17, 15) is 13.2 Å². The van der Waals surface area contributed by atoms with Gasteiger partial charge in [-0.2, -0.15) is 0 Å². The predicted octanol–water partition coefficient (Wildman–Crippen LogP) is 3.26. The van der Waals surface area contributed by atoms with Gasteiger partial charge in [-0.3, -0.25) is 4.79 Å². The maximum absolute atomic E-state index is 12.3. The Morgan fingerprint density at radius 1 is 1.18 bits per heavy atom. The molecule has 118 valence electrons. The first kappa shape index (κ1) is 16.7. The van der Waals surface area contributed by atoms with Gasteiger partial charge in [-0.05, 0) is 44.5 Å². The smallest absolute Gasteiger partial charge is 0.252 e. The van der Waals surface area contributed by atoms with Crippen LogP contribution in [0, 0.1) is 13.8 Å². The zero-order chi connectivity index (χ0) is 16.5. The number of hydrogen-bond donors (Lipinski definition) is 1. The van der Waals surface area contributed by atoms with Crippen molar-refractivity contribution in [1.29, 1.82) is 0 Å². The van der Waals surface area contributed by atoms with E-state index >= 15 is 0 Å². The third-order valence-electron chi connectivity index (χ3n) is 3.44. The van der Waals surface area contributed by atoms with Crippen LogP contribution in [0.15, 0.2) is 35.2 Å². The molecule has 0 saturated heterocycles. The molecule has 1 amide bonds. The largest absolute Gasteiger partial charge is 0.345 e. The van der Waals surface area contributed by atoms with Crippen molar-refractivity contribution < 1.29 is 13.2 Å². The minimum atomic E-state index is -3.20. The van der Waals surface area contributed by atoms with Crippen LogP contribution in [0.25, 0.3) is 0 Å². The Balaban J connectivity index is 2.14. The third-order valence-corrected chi connectivity index (χ3v) is 5.54. The lowest BCUT2D eigenvalue weighted by atomic mass is 10.1. The van der Waals surface area contributed by atoms with Gasteiger partial charge in [0.1, 0.15) is 0 Å². The number of sulfone groups is 1. The Morgan fingerprint density at radius 3 is 2.23 bits per heavy atom. The molecule has 1 atom stereocenters. The summed E-state index contributed by atoms with van der Waals surface area (Å²) < 4.78 is 22.9. The summed E-state index contributed by atoms with van der Waals surface area (Å²) in [5, 5.41) is 2.94. The normalized spacial score (nSPS) is 12.9. The number of thiophene rings is 1. The first-order valence-corrected chi connectivity index (χ1v) is 9.57. The lowest BCUT2D eigenvalue weighted by molar-refractivity contribution is 0.0939. The van der Waals surface area contributed by atoms with Crippen LogP contribution in [0.2, 0.25) is 0 Å². The number of amides is 1. The van der Waals surface area contributed by atoms with Gasteiger partial charge in [0.15, 0.2) is 9.84 Å². The fraction of sp³-hybridized carbons (Fsp3) is 0.312. The topological polar surface area (TPSA) is 63.2 Å². The summed E-state index contributed by atoms with van der Waals surface area (Å²) >= 11 is 1.60. The van der Waals surface area contributed by atoms with E-state index in [1.54, 1.807) is 35.6 Å². The van der Waals surface area contributed by atoms with E-state index in [-0.39, 0.29) is 16.8 Å². The molecule has 2 rings (SSSR count). The average molecular weight is 337 g/mol. The van der Waals surface area contributed by atoms with E-state index in [1.807, 2.05) is 26.8 Å². The molecule has 0 fully saturated rings. The molecule has 1 N–H and O–H groups in total. The van der Waals surface area contributed by atoms with E-state index in [0.29, 0.717) is 5.56 Å². The van der Waals surface area contributed by atoms with Gasteiger partial charge >= 0.3 is 0 Å². The molecular formula is C16H19NO3S2. The highest BCUT2D eigenvalue weighted by atomic mass is 32.2. The molecule has 4 nitrogen and oxygen atoms in total. The van der Waals surface area contributed by atoms with Crippen molar-refractivity contribution in [2.45, 2.75) is 31.7 Å². The standard InChI is InChI=1S/C16H19NO3S2/c1-10-9-15(12(3)21-10)16(18)17-11(2)13-5-7-14(8-6-13)22(4,19)20/h5-9,11H,1-4H3,(H,17,18)/t11-/m0/s1. The highest BCUT2D eigenvalue weighted by Crippen LogP contribution is 2.22. The molecule has 6 heteroatoms. The monoisotopic (exact) mass is 337 g/mol. The summed E-state index contributed by atoms with van der Waals surface area (Å²) in [7, 11) is -3.20. The number of rotatable bonds is 4. The molecule has 0 aliphatic rings. The molecule has 22 heavy (non-hydrogen) atoms. The zero-order valence-electron chi connectivity index (χ0n) is 13.0. The van der Waals surface area contributed by atoms with E-state index in [0.717, 1.165) is 15.3 Å². The number of carbonyl (C=O) groups is 1. The molecule has 2 aromatic rings. The molecule has 0 bridgehead atoms. The summed E-state index contributed by atoms with van der Waals surface area (Å²) in [6.45, 7) is 5.78. The van der Waals surface area contributed by atoms with Crippen LogP contribution in [-0.4, -0.2) is 20.6 Å². The van der Waals surface area contributed by atoms with Crippen LogP contribution in [0.4, 0.5) is 0 Å². The molecule has 1 aromatic heterocycles. The number of carbonyl (C=O) groups excluding carboxylic acids is 1. The minimum Gasteiger partial charge on any atom is -0.345 e. The van der Waals surface area contributed by atoms with Gasteiger partial charge in [0.05, 0.1) is 16.5 Å². The molecule has 1 aromatic carbocycles. The summed E-state index contributed by atoms with van der Waals surface area (Å²) in [5.74, 6) is -0.110. The van der Waals surface area contributed by atoms with Crippen LogP contribution in [0.5, 0.6) is 0 Å². The Hall–Kier alpha value is -1.66. The molecule has 0 spiro atoms. The van der Waals surface area contributed by atoms with Crippen molar-refractivity contribution >= 4 is 27.1 Å². The van der Waals surface area contributed by atoms with Gasteiger partial charge in [0.2, 0.25) is 0 Å². The molecular weight excluding hydrogens is 318 g/mol. The van der Waals surface area contributed by atoms with Gasteiger partial charge in [0, 0.05) is 16.0 Å². The summed E-state index contributed by atoms with van der Waals surface area (Å²) in [6.07, 6.45) is 1.18. The molecule has 0 radical (unpaired) electrons. The summed E-state index contributed by atoms with van der Waals surface area (Å²) in [4.78, 5) is 14.7. The van der Waals surface area contributed by atoms with Crippen LogP contribution in [0.1, 0.15) is 38.6 Å². The summed E-state index contributed by atoms with van der Waals surface area (Å²) in [6, 6.07) is 8.27. The van der Waals surface area contributed by atoms with Crippen LogP contribution < -0.4 is 5.32 Å². The molecule has 1 heterocycles. The Kier molecular flexibility index (Phi) is 4.72. The predicted molar refractivity (Wildman–Crippen MR) is 89.2 cm³/mol. The second kappa shape index (κ2) is 6.22. The fourth-order valence-electron chi connectivity index (χ4n) is 2.22. The zero-order valence-corrected chi connectivity index (χ0v) is 14.6. The molecule has 0 unspecified atom stereocenters. The van der Waals surface area contributed by atoms with Gasteiger partial charge < -0.3 is 5.32 Å². The maximum atomic E-state index is 12.3. The first-order chi connectivity index (χ1) is 10.2. The van der Waals surface area contributed by atoms with E-state index in [1.165, 1.54) is 6.26 Å². The van der Waals surface area contributed by atoms with Gasteiger partial charge in [0.25, 0.3) is 5.91 Å². The van der Waals surface area contributed by atoms with Gasteiger partial charge in [-0.15, -0.1) is 11.3 Å². The highest BCUT2D eigenvalue weighted by Gasteiger charge is 2.16. The SMILES string of the molecule is Cc1cc(C(=O)N[C@@H](C)c2ccc(S(C)(=O)=O)cc2)c(C)s1. The summed E-state index contributed by atoms with van der Waals surface area (Å²) in [5.41, 5.74) is 1.56. The minimum absolute atomic E-state index is 0.110. The van der Waals surface area contributed by atoms with Crippen molar-refractivity contribution in [2.75, 3.05) is 6.26 Å². The maximum Gasteiger partial charge on any atom is 0.252 e. The number of hydrogen-bond acceptors (Lipinski definition) is 4. The number of aryl methyl sites for hydroxylation is 2. The fourth-order valence-corrected chi connectivity index (χ4v) is 3.77. The average Bonchev–Trinajstić information content (AvgIpc) is 2.77. The van der Waals surface area contributed by atoms with Crippen LogP contribution >= 0.6 is 11.3 Å². The third kappa shape index (κ3) is 3.75. The molecule has 0 saturated carbocycles. The van der Waals surface area contributed by atoms with Gasteiger partial charge in [-0.25, -0.2) is 8.42 Å². The number of benzene rings is 1. The van der Waals surface area contributed by atoms with E-state index < -0.39 is 9.84 Å². The van der Waals surface area contributed by atoms with Crippen molar-refractivity contribution in [3.63, 3.8) is 0 Å². The van der Waals surface area contributed by atoms with Crippen molar-refractivity contribution in [3.8, 4) is 0 Å². The molecule has 0 aliphatic carbocycles. The highest BCUT2D eigenvalue weighted by molar-refractivity contribution is 7.90. The second-order valence-corrected chi connectivity index (χ2v) is 8.84. The number of nitrogens with one attached hydrogen (secondary N) is 1. The van der Waals surface area contributed by atoms with Crippen LogP contribution in [0.3, 0.4) is 0 Å². The van der Waals surface area contributed by atoms with Crippen molar-refractivity contribution in [2.24, 2.45) is 0 Å². The lowest BCUT2D eigenvalue weighted by Crippen LogP contribution is -2.26. The lowest BCUT2D eigenvalue weighted by Gasteiger charge is -2.14. The Morgan fingerprint density at radius 2 is 1.77 bits per heavy atom. The second-order valence-electron chi connectivity index (χ2n) is 5.36. The van der Waals surface area contributed by atoms with Gasteiger partial charge in [-0.1, -0.05) is 12.1 Å². The van der Waals surface area contributed by atoms with Crippen molar-refractivity contribution in [1.82, 2.24) is 5.32 Å². The Bertz CT molecular complexity index is 789. The molecule has 0 aliphatic heterocycles. The van der Waals surface area contributed by atoms with E-state index in [4.69, 9.17) is 0 Å². The first-order valence-electron chi connectivity index (χ1n) is 6.86. The Labute approximate surface area is 135 Å².